The summed E-state index contributed by atoms with van der Waals surface area (Å²) in [7, 11) is 0. The lowest BCUT2D eigenvalue weighted by Gasteiger charge is -2.24. The van der Waals surface area contributed by atoms with E-state index in [9.17, 15) is 13.2 Å². The number of alkyl halides is 3. The summed E-state index contributed by atoms with van der Waals surface area (Å²) in [5, 5.41) is 16.8. The average Bonchev–Trinajstić information content (AvgIpc) is 2.75. The Morgan fingerprint density at radius 3 is 2.52 bits per heavy atom. The van der Waals surface area contributed by atoms with E-state index in [0.717, 1.165) is 48.5 Å². The molecule has 0 aliphatic carbocycles. The molecule has 2 heterocycles. The number of nitrogens with two attached hydrogens (primary N) is 1. The molecule has 0 spiro atoms. The highest BCUT2D eigenvalue weighted by Crippen LogP contribution is 2.35. The molecule has 0 saturated carbocycles. The summed E-state index contributed by atoms with van der Waals surface area (Å²) >= 11 is 0. The molecule has 1 aliphatic rings. The molecule has 2 aromatic carbocycles. The van der Waals surface area contributed by atoms with E-state index in [-0.39, 0.29) is 5.56 Å². The molecule has 0 radical (unpaired) electrons. The predicted molar refractivity (Wildman–Crippen MR) is 116 cm³/mol. The van der Waals surface area contributed by atoms with Crippen molar-refractivity contribution in [1.82, 2.24) is 15.5 Å². The lowest BCUT2D eigenvalue weighted by Crippen LogP contribution is -2.26. The highest BCUT2D eigenvalue weighted by atomic mass is 19.4. The molecule has 8 heteroatoms. The SMILES string of the molecule is Cc1c([C@@H](N)Nc2nnc(C)c3ccc(C4CCNCC4)cc23)cccc1C(F)(F)F. The average molecular weight is 429 g/mol. The molecule has 1 aliphatic heterocycles. The monoisotopic (exact) mass is 429 g/mol. The molecule has 1 saturated heterocycles. The number of anilines is 1. The van der Waals surface area contributed by atoms with Crippen molar-refractivity contribution in [3.05, 3.63) is 64.3 Å². The van der Waals surface area contributed by atoms with Gasteiger partial charge in [-0.3, -0.25) is 0 Å². The van der Waals surface area contributed by atoms with Gasteiger partial charge in [0.25, 0.3) is 0 Å². The summed E-state index contributed by atoms with van der Waals surface area (Å²) < 4.78 is 39.9. The number of aromatic nitrogens is 2. The van der Waals surface area contributed by atoms with Crippen molar-refractivity contribution in [2.75, 3.05) is 18.4 Å². The summed E-state index contributed by atoms with van der Waals surface area (Å²) in [4.78, 5) is 0. The number of benzene rings is 2. The Balaban J connectivity index is 1.70. The molecule has 0 amide bonds. The zero-order valence-corrected chi connectivity index (χ0v) is 17.6. The Kier molecular flexibility index (Phi) is 5.85. The Bertz CT molecular complexity index is 1090. The first-order valence-electron chi connectivity index (χ1n) is 10.4. The fraction of sp³-hybridized carbons (Fsp3) is 0.391. The highest BCUT2D eigenvalue weighted by Gasteiger charge is 2.33. The molecule has 1 aromatic heterocycles. The molecule has 0 unspecified atom stereocenters. The van der Waals surface area contributed by atoms with Gasteiger partial charge < -0.3 is 16.4 Å². The van der Waals surface area contributed by atoms with E-state index in [1.165, 1.54) is 18.6 Å². The number of hydrogen-bond acceptors (Lipinski definition) is 5. The molecule has 164 valence electrons. The second kappa shape index (κ2) is 8.43. The zero-order valence-electron chi connectivity index (χ0n) is 17.6. The number of nitrogens with one attached hydrogen (secondary N) is 2. The van der Waals surface area contributed by atoms with Gasteiger partial charge in [-0.15, -0.1) is 5.10 Å². The van der Waals surface area contributed by atoms with E-state index in [1.807, 2.05) is 13.0 Å². The number of piperidine rings is 1. The first kappa shape index (κ1) is 21.5. The molecule has 4 N–H and O–H groups in total. The van der Waals surface area contributed by atoms with Gasteiger partial charge in [-0.2, -0.15) is 18.3 Å². The van der Waals surface area contributed by atoms with Crippen LogP contribution in [0.15, 0.2) is 36.4 Å². The molecule has 1 fully saturated rings. The first-order chi connectivity index (χ1) is 14.8. The second-order valence-corrected chi connectivity index (χ2v) is 8.10. The fourth-order valence-electron chi connectivity index (χ4n) is 4.34. The van der Waals surface area contributed by atoms with Gasteiger partial charge in [0.1, 0.15) is 6.17 Å². The van der Waals surface area contributed by atoms with Crippen LogP contribution in [-0.4, -0.2) is 23.3 Å². The molecule has 0 bridgehead atoms. The van der Waals surface area contributed by atoms with Crippen LogP contribution in [0, 0.1) is 13.8 Å². The van der Waals surface area contributed by atoms with Gasteiger partial charge in [0.2, 0.25) is 0 Å². The first-order valence-corrected chi connectivity index (χ1v) is 10.4. The van der Waals surface area contributed by atoms with Crippen LogP contribution < -0.4 is 16.4 Å². The van der Waals surface area contributed by atoms with Crippen molar-refractivity contribution < 1.29 is 13.2 Å². The van der Waals surface area contributed by atoms with Crippen LogP contribution in [0.5, 0.6) is 0 Å². The standard InChI is InChI=1S/C23H26F3N5/c1-13-17(4-3-5-20(13)23(24,25)26)21(27)29-22-19-12-16(15-8-10-28-11-9-15)6-7-18(19)14(2)30-31-22/h3-7,12,15,21,28H,8-11,27H2,1-2H3,(H,29,31)/t21-/m0/s1. The largest absolute Gasteiger partial charge is 0.416 e. The summed E-state index contributed by atoms with van der Waals surface area (Å²) in [5.74, 6) is 0.937. The van der Waals surface area contributed by atoms with Gasteiger partial charge in [-0.1, -0.05) is 24.3 Å². The minimum Gasteiger partial charge on any atom is -0.349 e. The maximum Gasteiger partial charge on any atom is 0.416 e. The highest BCUT2D eigenvalue weighted by molar-refractivity contribution is 5.93. The Morgan fingerprint density at radius 1 is 1.06 bits per heavy atom. The molecular formula is C23H26F3N5. The quantitative estimate of drug-likeness (QED) is 0.520. The van der Waals surface area contributed by atoms with Gasteiger partial charge in [0, 0.05) is 10.8 Å². The lowest BCUT2D eigenvalue weighted by molar-refractivity contribution is -0.138. The number of rotatable bonds is 4. The number of halogens is 3. The molecule has 31 heavy (non-hydrogen) atoms. The molecule has 3 aromatic rings. The van der Waals surface area contributed by atoms with Crippen molar-refractivity contribution in [3.63, 3.8) is 0 Å². The molecule has 5 nitrogen and oxygen atoms in total. The third kappa shape index (κ3) is 4.36. The van der Waals surface area contributed by atoms with Crippen LogP contribution in [0.4, 0.5) is 19.0 Å². The van der Waals surface area contributed by atoms with Gasteiger partial charge in [-0.25, -0.2) is 0 Å². The van der Waals surface area contributed by atoms with Crippen molar-refractivity contribution in [3.8, 4) is 0 Å². The minimum absolute atomic E-state index is 0.106. The van der Waals surface area contributed by atoms with Crippen LogP contribution in [0.25, 0.3) is 10.8 Å². The van der Waals surface area contributed by atoms with Crippen molar-refractivity contribution in [2.45, 2.75) is 44.9 Å². The topological polar surface area (TPSA) is 75.9 Å². The van der Waals surface area contributed by atoms with Crippen LogP contribution in [0.2, 0.25) is 0 Å². The van der Waals surface area contributed by atoms with Crippen LogP contribution >= 0.6 is 0 Å². The number of fused-ring (bicyclic) bond motifs is 1. The number of hydrogen-bond donors (Lipinski definition) is 3. The van der Waals surface area contributed by atoms with E-state index >= 15 is 0 Å². The van der Waals surface area contributed by atoms with Crippen LogP contribution in [0.1, 0.15) is 52.9 Å². The fourth-order valence-corrected chi connectivity index (χ4v) is 4.34. The Hall–Kier alpha value is -2.71. The second-order valence-electron chi connectivity index (χ2n) is 8.10. The number of nitrogens with zero attached hydrogens (tertiary/aromatic N) is 2. The van der Waals surface area contributed by atoms with E-state index in [1.54, 1.807) is 6.07 Å². The number of aryl methyl sites for hydroxylation is 1. The lowest BCUT2D eigenvalue weighted by atomic mass is 9.89. The van der Waals surface area contributed by atoms with Crippen LogP contribution in [0.3, 0.4) is 0 Å². The maximum atomic E-state index is 13.3. The summed E-state index contributed by atoms with van der Waals surface area (Å²) in [6, 6.07) is 10.3. The Labute approximate surface area is 179 Å². The Morgan fingerprint density at radius 2 is 1.81 bits per heavy atom. The smallest absolute Gasteiger partial charge is 0.349 e. The normalized spacial score (nSPS) is 16.5. The van der Waals surface area contributed by atoms with E-state index in [2.05, 4.69) is 33.0 Å². The van der Waals surface area contributed by atoms with Gasteiger partial charge >= 0.3 is 6.18 Å². The summed E-state index contributed by atoms with van der Waals surface area (Å²) in [6.45, 7) is 5.30. The molecule has 4 rings (SSSR count). The predicted octanol–water partition coefficient (Wildman–Crippen LogP) is 4.80. The summed E-state index contributed by atoms with van der Waals surface area (Å²) in [5.41, 5.74) is 8.11. The zero-order chi connectivity index (χ0) is 22.2. The third-order valence-corrected chi connectivity index (χ3v) is 6.11. The van der Waals surface area contributed by atoms with E-state index in [0.29, 0.717) is 17.3 Å². The van der Waals surface area contributed by atoms with E-state index in [4.69, 9.17) is 5.73 Å². The van der Waals surface area contributed by atoms with Crippen molar-refractivity contribution in [1.29, 1.82) is 0 Å². The molecular weight excluding hydrogens is 403 g/mol. The third-order valence-electron chi connectivity index (χ3n) is 6.11. The maximum absolute atomic E-state index is 13.3. The summed E-state index contributed by atoms with van der Waals surface area (Å²) in [6.07, 6.45) is -3.16. The minimum atomic E-state index is -4.43. The van der Waals surface area contributed by atoms with E-state index < -0.39 is 17.9 Å². The van der Waals surface area contributed by atoms with Crippen LogP contribution in [-0.2, 0) is 6.18 Å². The van der Waals surface area contributed by atoms with Gasteiger partial charge in [-0.05, 0) is 74.5 Å². The van der Waals surface area contributed by atoms with Crippen molar-refractivity contribution in [2.24, 2.45) is 5.73 Å². The van der Waals surface area contributed by atoms with Gasteiger partial charge in [0.05, 0.1) is 11.3 Å². The van der Waals surface area contributed by atoms with Gasteiger partial charge in [0.15, 0.2) is 5.82 Å². The molecule has 1 atom stereocenters. The van der Waals surface area contributed by atoms with Crippen molar-refractivity contribution >= 4 is 16.6 Å².